The molecular formula is C20H25N3O3. The van der Waals surface area contributed by atoms with Crippen molar-refractivity contribution < 1.29 is 14.3 Å². The topological polar surface area (TPSA) is 65.6 Å². The SMILES string of the molecule is COc1cc(C)cc(C)c1C(=O)N1CCN(C(=O)Cc2ccc[nH]2)CC1. The van der Waals surface area contributed by atoms with E-state index < -0.39 is 0 Å². The van der Waals surface area contributed by atoms with Gasteiger partial charge < -0.3 is 19.5 Å². The van der Waals surface area contributed by atoms with Crippen molar-refractivity contribution in [3.05, 3.63) is 52.8 Å². The van der Waals surface area contributed by atoms with Gasteiger partial charge in [0, 0.05) is 38.1 Å². The lowest BCUT2D eigenvalue weighted by molar-refractivity contribution is -0.132. The molecule has 0 aliphatic carbocycles. The van der Waals surface area contributed by atoms with E-state index in [-0.39, 0.29) is 11.8 Å². The van der Waals surface area contributed by atoms with E-state index in [0.717, 1.165) is 16.8 Å². The Bertz CT molecular complexity index is 791. The summed E-state index contributed by atoms with van der Waals surface area (Å²) in [4.78, 5) is 32.0. The Hall–Kier alpha value is -2.76. The molecule has 1 aromatic heterocycles. The fourth-order valence-corrected chi connectivity index (χ4v) is 3.43. The highest BCUT2D eigenvalue weighted by Crippen LogP contribution is 2.26. The van der Waals surface area contributed by atoms with Crippen molar-refractivity contribution in [2.75, 3.05) is 33.3 Å². The van der Waals surface area contributed by atoms with E-state index in [1.165, 1.54) is 0 Å². The number of aryl methyl sites for hydroxylation is 2. The van der Waals surface area contributed by atoms with Crippen LogP contribution in [0, 0.1) is 13.8 Å². The number of aromatic amines is 1. The molecule has 6 nitrogen and oxygen atoms in total. The number of hydrogen-bond acceptors (Lipinski definition) is 3. The van der Waals surface area contributed by atoms with E-state index in [4.69, 9.17) is 4.74 Å². The van der Waals surface area contributed by atoms with Gasteiger partial charge in [0.15, 0.2) is 0 Å². The van der Waals surface area contributed by atoms with Crippen LogP contribution in [0.1, 0.15) is 27.2 Å². The minimum absolute atomic E-state index is 0.0317. The second-order valence-electron chi connectivity index (χ2n) is 6.70. The predicted octanol–water partition coefficient (Wildman–Crippen LogP) is 2.17. The van der Waals surface area contributed by atoms with Crippen molar-refractivity contribution in [1.82, 2.24) is 14.8 Å². The third kappa shape index (κ3) is 3.74. The summed E-state index contributed by atoms with van der Waals surface area (Å²) >= 11 is 0. The summed E-state index contributed by atoms with van der Waals surface area (Å²) in [6, 6.07) is 7.67. The Morgan fingerprint density at radius 3 is 2.42 bits per heavy atom. The first-order chi connectivity index (χ1) is 12.5. The molecule has 0 radical (unpaired) electrons. The van der Waals surface area contributed by atoms with Crippen LogP contribution in [-0.4, -0.2) is 59.9 Å². The second kappa shape index (κ2) is 7.64. The van der Waals surface area contributed by atoms with E-state index in [1.54, 1.807) is 12.0 Å². The third-order valence-electron chi connectivity index (χ3n) is 4.80. The molecular weight excluding hydrogens is 330 g/mol. The van der Waals surface area contributed by atoms with E-state index >= 15 is 0 Å². The van der Waals surface area contributed by atoms with Crippen LogP contribution in [0.2, 0.25) is 0 Å². The Morgan fingerprint density at radius 1 is 1.12 bits per heavy atom. The van der Waals surface area contributed by atoms with Gasteiger partial charge >= 0.3 is 0 Å². The fraction of sp³-hybridized carbons (Fsp3) is 0.400. The van der Waals surface area contributed by atoms with Crippen molar-refractivity contribution in [3.8, 4) is 5.75 Å². The van der Waals surface area contributed by atoms with E-state index in [2.05, 4.69) is 4.98 Å². The minimum Gasteiger partial charge on any atom is -0.496 e. The summed E-state index contributed by atoms with van der Waals surface area (Å²) in [6.45, 7) is 6.09. The number of hydrogen-bond donors (Lipinski definition) is 1. The molecule has 0 saturated carbocycles. The molecule has 1 saturated heterocycles. The average molecular weight is 355 g/mol. The van der Waals surface area contributed by atoms with Crippen molar-refractivity contribution in [1.29, 1.82) is 0 Å². The van der Waals surface area contributed by atoms with Gasteiger partial charge in [-0.2, -0.15) is 0 Å². The minimum atomic E-state index is -0.0317. The number of H-pyrrole nitrogens is 1. The molecule has 0 bridgehead atoms. The first-order valence-electron chi connectivity index (χ1n) is 8.84. The maximum absolute atomic E-state index is 13.0. The van der Waals surface area contributed by atoms with Crippen LogP contribution in [0.4, 0.5) is 0 Å². The maximum Gasteiger partial charge on any atom is 0.258 e. The third-order valence-corrected chi connectivity index (χ3v) is 4.80. The molecule has 0 spiro atoms. The number of piperazine rings is 1. The van der Waals surface area contributed by atoms with Crippen molar-refractivity contribution in [3.63, 3.8) is 0 Å². The van der Waals surface area contributed by atoms with Gasteiger partial charge in [-0.1, -0.05) is 6.07 Å². The molecule has 1 fully saturated rings. The van der Waals surface area contributed by atoms with Crippen LogP contribution in [-0.2, 0) is 11.2 Å². The highest BCUT2D eigenvalue weighted by Gasteiger charge is 2.27. The number of ether oxygens (including phenoxy) is 1. The van der Waals surface area contributed by atoms with Crippen molar-refractivity contribution >= 4 is 11.8 Å². The quantitative estimate of drug-likeness (QED) is 0.914. The molecule has 1 aliphatic rings. The van der Waals surface area contributed by atoms with Crippen LogP contribution < -0.4 is 4.74 Å². The molecule has 0 unspecified atom stereocenters. The lowest BCUT2D eigenvalue weighted by Gasteiger charge is -2.35. The summed E-state index contributed by atoms with van der Waals surface area (Å²) in [7, 11) is 1.59. The summed E-state index contributed by atoms with van der Waals surface area (Å²) in [5, 5.41) is 0. The number of carbonyl (C=O) groups is 2. The van der Waals surface area contributed by atoms with Crippen LogP contribution in [0.15, 0.2) is 30.5 Å². The summed E-state index contributed by atoms with van der Waals surface area (Å²) in [5.41, 5.74) is 3.51. The molecule has 26 heavy (non-hydrogen) atoms. The molecule has 0 atom stereocenters. The second-order valence-corrected chi connectivity index (χ2v) is 6.70. The number of nitrogens with zero attached hydrogens (tertiary/aromatic N) is 2. The van der Waals surface area contributed by atoms with Crippen LogP contribution >= 0.6 is 0 Å². The number of carbonyl (C=O) groups excluding carboxylic acids is 2. The number of aromatic nitrogens is 1. The summed E-state index contributed by atoms with van der Waals surface area (Å²) in [5.74, 6) is 0.664. The molecule has 138 valence electrons. The zero-order valence-corrected chi connectivity index (χ0v) is 15.5. The predicted molar refractivity (Wildman–Crippen MR) is 99.4 cm³/mol. The molecule has 1 aliphatic heterocycles. The average Bonchev–Trinajstić information content (AvgIpc) is 3.13. The number of nitrogens with one attached hydrogen (secondary N) is 1. The smallest absolute Gasteiger partial charge is 0.258 e. The van der Waals surface area contributed by atoms with Gasteiger partial charge in [-0.25, -0.2) is 0 Å². The van der Waals surface area contributed by atoms with Crippen molar-refractivity contribution in [2.45, 2.75) is 20.3 Å². The first-order valence-corrected chi connectivity index (χ1v) is 8.84. The molecule has 1 N–H and O–H groups in total. The molecule has 6 heteroatoms. The van der Waals surface area contributed by atoms with Gasteiger partial charge in [-0.05, 0) is 43.2 Å². The van der Waals surface area contributed by atoms with E-state index in [0.29, 0.717) is 43.9 Å². The lowest BCUT2D eigenvalue weighted by Crippen LogP contribution is -2.51. The molecule has 1 aromatic carbocycles. The highest BCUT2D eigenvalue weighted by molar-refractivity contribution is 5.98. The number of rotatable bonds is 4. The number of amides is 2. The zero-order chi connectivity index (χ0) is 18.7. The standard InChI is InChI=1S/C20H25N3O3/c1-14-11-15(2)19(17(12-14)26-3)20(25)23-9-7-22(8-10-23)18(24)13-16-5-4-6-21-16/h4-6,11-12,21H,7-10,13H2,1-3H3. The van der Waals surface area contributed by atoms with Crippen LogP contribution in [0.25, 0.3) is 0 Å². The Balaban J connectivity index is 1.65. The van der Waals surface area contributed by atoms with Gasteiger partial charge in [0.25, 0.3) is 5.91 Å². The molecule has 2 amide bonds. The zero-order valence-electron chi connectivity index (χ0n) is 15.5. The van der Waals surface area contributed by atoms with Gasteiger partial charge in [0.1, 0.15) is 5.75 Å². The van der Waals surface area contributed by atoms with Gasteiger partial charge in [-0.15, -0.1) is 0 Å². The lowest BCUT2D eigenvalue weighted by atomic mass is 10.0. The Morgan fingerprint density at radius 2 is 1.81 bits per heavy atom. The molecule has 3 rings (SSSR count). The first kappa shape index (κ1) is 18.0. The van der Waals surface area contributed by atoms with Gasteiger partial charge in [0.05, 0.1) is 19.1 Å². The monoisotopic (exact) mass is 355 g/mol. The Kier molecular flexibility index (Phi) is 5.30. The van der Waals surface area contributed by atoms with E-state index in [1.807, 2.05) is 49.2 Å². The van der Waals surface area contributed by atoms with Crippen LogP contribution in [0.3, 0.4) is 0 Å². The maximum atomic E-state index is 13.0. The summed E-state index contributed by atoms with van der Waals surface area (Å²) < 4.78 is 5.42. The fourth-order valence-electron chi connectivity index (χ4n) is 3.43. The largest absolute Gasteiger partial charge is 0.496 e. The van der Waals surface area contributed by atoms with Crippen LogP contribution in [0.5, 0.6) is 5.75 Å². The molecule has 2 heterocycles. The number of benzene rings is 1. The molecule has 2 aromatic rings. The van der Waals surface area contributed by atoms with E-state index in [9.17, 15) is 9.59 Å². The van der Waals surface area contributed by atoms with Gasteiger partial charge in [-0.3, -0.25) is 9.59 Å². The van der Waals surface area contributed by atoms with Gasteiger partial charge in [0.2, 0.25) is 5.91 Å². The van der Waals surface area contributed by atoms with Crippen molar-refractivity contribution in [2.24, 2.45) is 0 Å². The highest BCUT2D eigenvalue weighted by atomic mass is 16.5. The normalized spacial score (nSPS) is 14.4. The number of methoxy groups -OCH3 is 1. The summed E-state index contributed by atoms with van der Waals surface area (Å²) in [6.07, 6.45) is 2.18. The Labute approximate surface area is 153 Å².